The summed E-state index contributed by atoms with van der Waals surface area (Å²) in [6.45, 7) is 0. The van der Waals surface area contributed by atoms with E-state index in [2.05, 4.69) is 10.6 Å². The van der Waals surface area contributed by atoms with Crippen LogP contribution in [0.2, 0.25) is 10.0 Å². The molecule has 0 heterocycles. The highest BCUT2D eigenvalue weighted by atomic mass is 35.5. The maximum atomic E-state index is 13.1. The molecule has 0 aliphatic carbocycles. The van der Waals surface area contributed by atoms with Crippen LogP contribution >= 0.6 is 23.2 Å². The highest BCUT2D eigenvalue weighted by Gasteiger charge is 2.23. The molecule has 1 atom stereocenters. The van der Waals surface area contributed by atoms with E-state index in [4.69, 9.17) is 27.9 Å². The smallest absolute Gasteiger partial charge is 0.328 e. The van der Waals surface area contributed by atoms with Gasteiger partial charge in [0, 0.05) is 17.7 Å². The Labute approximate surface area is 218 Å². The molecular formula is C28H22Cl2N2O4. The Balaban J connectivity index is 1.48. The highest BCUT2D eigenvalue weighted by molar-refractivity contribution is 6.40. The number of rotatable bonds is 7. The fraction of sp³-hybridized carbons (Fsp3) is 0.107. The summed E-state index contributed by atoms with van der Waals surface area (Å²) in [5.74, 6) is -1.37. The molecule has 36 heavy (non-hydrogen) atoms. The van der Waals surface area contributed by atoms with E-state index >= 15 is 0 Å². The summed E-state index contributed by atoms with van der Waals surface area (Å²) in [5.41, 5.74) is 1.94. The predicted octanol–water partition coefficient (Wildman–Crippen LogP) is 5.91. The molecule has 0 aliphatic heterocycles. The maximum absolute atomic E-state index is 13.1. The van der Waals surface area contributed by atoms with Gasteiger partial charge in [-0.1, -0.05) is 77.8 Å². The van der Waals surface area contributed by atoms with E-state index in [1.165, 1.54) is 7.11 Å². The zero-order valence-corrected chi connectivity index (χ0v) is 20.8. The zero-order chi connectivity index (χ0) is 25.7. The van der Waals surface area contributed by atoms with E-state index in [0.717, 1.165) is 16.3 Å². The van der Waals surface area contributed by atoms with E-state index in [0.29, 0.717) is 11.3 Å². The number of ether oxygens (including phenoxy) is 1. The molecule has 4 aromatic rings. The minimum atomic E-state index is -0.899. The Morgan fingerprint density at radius 3 is 2.14 bits per heavy atom. The quantitative estimate of drug-likeness (QED) is 0.296. The molecule has 0 spiro atoms. The monoisotopic (exact) mass is 520 g/mol. The van der Waals surface area contributed by atoms with Crippen molar-refractivity contribution >= 4 is 57.4 Å². The fourth-order valence-corrected chi connectivity index (χ4v) is 4.43. The summed E-state index contributed by atoms with van der Waals surface area (Å²) in [7, 11) is 1.28. The number of hydrogen-bond acceptors (Lipinski definition) is 4. The van der Waals surface area contributed by atoms with Gasteiger partial charge in [-0.15, -0.1) is 0 Å². The van der Waals surface area contributed by atoms with Crippen LogP contribution in [0, 0.1) is 0 Å². The first kappa shape index (κ1) is 25.2. The number of benzene rings is 4. The molecule has 0 aromatic heterocycles. The van der Waals surface area contributed by atoms with Crippen LogP contribution < -0.4 is 10.6 Å². The minimum absolute atomic E-state index is 0.187. The van der Waals surface area contributed by atoms with Crippen molar-refractivity contribution in [1.82, 2.24) is 5.32 Å². The predicted molar refractivity (Wildman–Crippen MR) is 142 cm³/mol. The molecule has 0 saturated carbocycles. The zero-order valence-electron chi connectivity index (χ0n) is 19.3. The number of fused-ring (bicyclic) bond motifs is 1. The lowest BCUT2D eigenvalue weighted by Crippen LogP contribution is -2.43. The van der Waals surface area contributed by atoms with Crippen LogP contribution in [0.3, 0.4) is 0 Å². The third kappa shape index (κ3) is 5.67. The molecule has 0 radical (unpaired) electrons. The Kier molecular flexibility index (Phi) is 7.88. The Hall–Kier alpha value is -3.87. The van der Waals surface area contributed by atoms with E-state index in [1.807, 2.05) is 30.3 Å². The van der Waals surface area contributed by atoms with Crippen molar-refractivity contribution in [2.75, 3.05) is 12.4 Å². The first-order valence-electron chi connectivity index (χ1n) is 11.1. The molecule has 0 fully saturated rings. The summed E-state index contributed by atoms with van der Waals surface area (Å²) in [4.78, 5) is 38.1. The summed E-state index contributed by atoms with van der Waals surface area (Å²) in [5, 5.41) is 7.77. The number of carbonyl (C=O) groups excluding carboxylic acids is 3. The molecule has 0 saturated heterocycles. The van der Waals surface area contributed by atoms with Crippen LogP contribution in [0.25, 0.3) is 10.8 Å². The molecule has 6 nitrogen and oxygen atoms in total. The number of hydrogen-bond donors (Lipinski definition) is 2. The SMILES string of the molecule is COC(=O)C(Cc1ccc(NC(=O)c2c(Cl)cccc2Cl)cc1)NC(=O)c1cccc2ccccc12. The molecule has 182 valence electrons. The highest BCUT2D eigenvalue weighted by Crippen LogP contribution is 2.25. The van der Waals surface area contributed by atoms with Gasteiger partial charge in [0.25, 0.3) is 11.8 Å². The van der Waals surface area contributed by atoms with Gasteiger partial charge in [-0.3, -0.25) is 9.59 Å². The topological polar surface area (TPSA) is 84.5 Å². The lowest BCUT2D eigenvalue weighted by molar-refractivity contribution is -0.142. The van der Waals surface area contributed by atoms with E-state index in [-0.39, 0.29) is 27.9 Å². The fourth-order valence-electron chi connectivity index (χ4n) is 3.86. The summed E-state index contributed by atoms with van der Waals surface area (Å²) < 4.78 is 4.92. The second kappa shape index (κ2) is 11.2. The normalized spacial score (nSPS) is 11.5. The standard InChI is InChI=1S/C28H22Cl2N2O4/c1-36-28(35)24(32-26(33)21-9-4-7-18-6-2-3-8-20(18)21)16-17-12-14-19(15-13-17)31-27(34)25-22(29)10-5-11-23(25)30/h2-15,24H,16H2,1H3,(H,31,34)(H,32,33). The van der Waals surface area contributed by atoms with Gasteiger partial charge >= 0.3 is 5.97 Å². The van der Waals surface area contributed by atoms with Gasteiger partial charge in [0.05, 0.1) is 22.7 Å². The van der Waals surface area contributed by atoms with E-state index < -0.39 is 17.9 Å². The second-order valence-corrected chi connectivity index (χ2v) is 8.84. The van der Waals surface area contributed by atoms with Gasteiger partial charge in [-0.05, 0) is 46.7 Å². The number of amides is 2. The third-order valence-electron chi connectivity index (χ3n) is 5.67. The van der Waals surface area contributed by atoms with Crippen LogP contribution in [0.1, 0.15) is 26.3 Å². The van der Waals surface area contributed by atoms with Crippen LogP contribution in [0.15, 0.2) is 84.9 Å². The van der Waals surface area contributed by atoms with Crippen LogP contribution in [-0.2, 0) is 16.0 Å². The van der Waals surface area contributed by atoms with Crippen molar-refractivity contribution in [3.63, 3.8) is 0 Å². The van der Waals surface area contributed by atoms with E-state index in [1.54, 1.807) is 54.6 Å². The molecule has 8 heteroatoms. The van der Waals surface area contributed by atoms with Crippen molar-refractivity contribution in [3.05, 3.63) is 112 Å². The molecule has 0 aliphatic rings. The first-order chi connectivity index (χ1) is 17.4. The van der Waals surface area contributed by atoms with Crippen molar-refractivity contribution in [1.29, 1.82) is 0 Å². The minimum Gasteiger partial charge on any atom is -0.467 e. The lowest BCUT2D eigenvalue weighted by atomic mass is 10.0. The Morgan fingerprint density at radius 2 is 1.44 bits per heavy atom. The largest absolute Gasteiger partial charge is 0.467 e. The van der Waals surface area contributed by atoms with Gasteiger partial charge in [-0.2, -0.15) is 0 Å². The molecule has 4 aromatic carbocycles. The number of methoxy groups -OCH3 is 1. The average molecular weight is 521 g/mol. The average Bonchev–Trinajstić information content (AvgIpc) is 2.88. The lowest BCUT2D eigenvalue weighted by Gasteiger charge is -2.18. The van der Waals surface area contributed by atoms with Crippen LogP contribution in [0.4, 0.5) is 5.69 Å². The number of carbonyl (C=O) groups is 3. The van der Waals surface area contributed by atoms with Crippen LogP contribution in [0.5, 0.6) is 0 Å². The summed E-state index contributed by atoms with van der Waals surface area (Å²) in [6.07, 6.45) is 0.202. The first-order valence-corrected chi connectivity index (χ1v) is 11.8. The molecule has 4 rings (SSSR count). The summed E-state index contributed by atoms with van der Waals surface area (Å²) in [6, 6.07) is 23.8. The summed E-state index contributed by atoms with van der Waals surface area (Å²) >= 11 is 12.2. The van der Waals surface area contributed by atoms with Crippen LogP contribution in [-0.4, -0.2) is 30.9 Å². The molecule has 2 N–H and O–H groups in total. The molecule has 1 unspecified atom stereocenters. The van der Waals surface area contributed by atoms with Gasteiger partial charge in [0.1, 0.15) is 6.04 Å². The van der Waals surface area contributed by atoms with Gasteiger partial charge in [-0.25, -0.2) is 4.79 Å². The third-order valence-corrected chi connectivity index (χ3v) is 6.30. The Bertz CT molecular complexity index is 1410. The molecule has 2 amide bonds. The number of anilines is 1. The van der Waals surface area contributed by atoms with Crippen molar-refractivity contribution in [3.8, 4) is 0 Å². The van der Waals surface area contributed by atoms with Crippen molar-refractivity contribution in [2.24, 2.45) is 0 Å². The Morgan fingerprint density at radius 1 is 0.806 bits per heavy atom. The molecule has 0 bridgehead atoms. The van der Waals surface area contributed by atoms with Gasteiger partial charge in [0.2, 0.25) is 0 Å². The number of esters is 1. The van der Waals surface area contributed by atoms with E-state index in [9.17, 15) is 14.4 Å². The number of halogens is 2. The van der Waals surface area contributed by atoms with Gasteiger partial charge in [0.15, 0.2) is 0 Å². The van der Waals surface area contributed by atoms with Crippen molar-refractivity contribution < 1.29 is 19.1 Å². The number of nitrogens with one attached hydrogen (secondary N) is 2. The maximum Gasteiger partial charge on any atom is 0.328 e. The second-order valence-electron chi connectivity index (χ2n) is 8.03. The van der Waals surface area contributed by atoms with Crippen molar-refractivity contribution in [2.45, 2.75) is 12.5 Å². The molecular weight excluding hydrogens is 499 g/mol. The van der Waals surface area contributed by atoms with Gasteiger partial charge < -0.3 is 15.4 Å².